The highest BCUT2D eigenvalue weighted by Gasteiger charge is 2.25. The predicted molar refractivity (Wildman–Crippen MR) is 76.3 cm³/mol. The van der Waals surface area contributed by atoms with E-state index < -0.39 is 11.2 Å². The fraction of sp³-hybridized carbons (Fsp3) is 0.125. The lowest BCUT2D eigenvalue weighted by Gasteiger charge is -2.17. The quantitative estimate of drug-likeness (QED) is 0.770. The third-order valence-electron chi connectivity index (χ3n) is 3.19. The second-order valence-electron chi connectivity index (χ2n) is 4.34. The summed E-state index contributed by atoms with van der Waals surface area (Å²) in [5, 5.41) is 0.982. The minimum Gasteiger partial charge on any atom is -0.606 e. The van der Waals surface area contributed by atoms with E-state index in [2.05, 4.69) is 0 Å². The first-order chi connectivity index (χ1) is 9.76. The van der Waals surface area contributed by atoms with E-state index in [0.717, 1.165) is 10.5 Å². The molecule has 3 rings (SSSR count). The van der Waals surface area contributed by atoms with E-state index in [-0.39, 0.29) is 0 Å². The van der Waals surface area contributed by atoms with Crippen LogP contribution in [0, 0.1) is 0 Å². The summed E-state index contributed by atoms with van der Waals surface area (Å²) in [6.07, 6.45) is 1.87. The Morgan fingerprint density at radius 2 is 2.00 bits per heavy atom. The molecule has 1 atom stereocenters. The van der Waals surface area contributed by atoms with E-state index in [1.165, 1.54) is 0 Å². The zero-order valence-corrected chi connectivity index (χ0v) is 11.7. The van der Waals surface area contributed by atoms with Gasteiger partial charge in [0.25, 0.3) is 0 Å². The molecular formula is C16H12O3S. The Kier molecular flexibility index (Phi) is 3.36. The molecule has 0 amide bonds. The SMILES string of the molecule is CCOc1ccc2c(c1=C=O)=Cc1ccccc1[S+]2[O-]. The molecular weight excluding hydrogens is 272 g/mol. The summed E-state index contributed by atoms with van der Waals surface area (Å²) in [4.78, 5) is 12.7. The van der Waals surface area contributed by atoms with Gasteiger partial charge in [-0.3, -0.25) is 0 Å². The molecule has 1 aliphatic rings. The standard InChI is InChI=1S/C16H12O3S/c1-2-19-14-7-8-16-12(13(14)10-17)9-11-5-3-4-6-15(11)20(16)18/h3-9H,2H2,1H3. The van der Waals surface area contributed by atoms with Crippen molar-refractivity contribution in [2.24, 2.45) is 0 Å². The molecule has 0 N–H and O–H groups in total. The first-order valence-electron chi connectivity index (χ1n) is 6.29. The van der Waals surface area contributed by atoms with Crippen LogP contribution in [-0.2, 0) is 16.0 Å². The number of hydrogen-bond donors (Lipinski definition) is 0. The van der Waals surface area contributed by atoms with Gasteiger partial charge in [0.15, 0.2) is 9.79 Å². The number of rotatable bonds is 2. The summed E-state index contributed by atoms with van der Waals surface area (Å²) in [7, 11) is 0. The first kappa shape index (κ1) is 13.0. The molecule has 1 aliphatic heterocycles. The summed E-state index contributed by atoms with van der Waals surface area (Å²) in [6, 6.07) is 10.9. The summed E-state index contributed by atoms with van der Waals surface area (Å²) < 4.78 is 18.0. The Labute approximate surface area is 119 Å². The summed E-state index contributed by atoms with van der Waals surface area (Å²) in [5.41, 5.74) is 0.864. The third-order valence-corrected chi connectivity index (χ3v) is 4.71. The van der Waals surface area contributed by atoms with Crippen LogP contribution in [0.4, 0.5) is 0 Å². The highest BCUT2D eigenvalue weighted by molar-refractivity contribution is 7.91. The van der Waals surface area contributed by atoms with Gasteiger partial charge in [-0.05, 0) is 37.3 Å². The molecule has 1 unspecified atom stereocenters. The Balaban J connectivity index is 2.38. The van der Waals surface area contributed by atoms with Gasteiger partial charge in [0.05, 0.1) is 11.8 Å². The van der Waals surface area contributed by atoms with Crippen LogP contribution in [0.5, 0.6) is 5.75 Å². The van der Waals surface area contributed by atoms with Crippen LogP contribution in [0.25, 0.3) is 6.08 Å². The molecule has 0 bridgehead atoms. The molecule has 0 fully saturated rings. The highest BCUT2D eigenvalue weighted by atomic mass is 32.2. The number of fused-ring (bicyclic) bond motifs is 2. The van der Waals surface area contributed by atoms with Crippen LogP contribution in [-0.4, -0.2) is 17.1 Å². The Morgan fingerprint density at radius 3 is 2.75 bits per heavy atom. The zero-order chi connectivity index (χ0) is 14.1. The van der Waals surface area contributed by atoms with Gasteiger partial charge in [0, 0.05) is 16.7 Å². The van der Waals surface area contributed by atoms with Gasteiger partial charge in [-0.1, -0.05) is 12.1 Å². The molecule has 4 heteroatoms. The Bertz CT molecular complexity index is 807. The van der Waals surface area contributed by atoms with E-state index in [9.17, 15) is 9.35 Å². The van der Waals surface area contributed by atoms with Crippen LogP contribution in [0.2, 0.25) is 0 Å². The molecule has 2 aromatic rings. The Hall–Kier alpha value is -2.00. The average Bonchev–Trinajstić information content (AvgIpc) is 2.48. The molecule has 1 heterocycles. The molecule has 2 aromatic carbocycles. The lowest BCUT2D eigenvalue weighted by Crippen LogP contribution is -2.35. The van der Waals surface area contributed by atoms with E-state index in [4.69, 9.17) is 4.74 Å². The monoisotopic (exact) mass is 284 g/mol. The fourth-order valence-electron chi connectivity index (χ4n) is 2.31. The Morgan fingerprint density at radius 1 is 1.20 bits per heavy atom. The van der Waals surface area contributed by atoms with Gasteiger partial charge >= 0.3 is 0 Å². The first-order valence-corrected chi connectivity index (χ1v) is 7.44. The minimum atomic E-state index is -1.28. The molecule has 0 aliphatic carbocycles. The smallest absolute Gasteiger partial charge is 0.167 e. The maximum Gasteiger partial charge on any atom is 0.167 e. The van der Waals surface area contributed by atoms with Gasteiger partial charge in [0.2, 0.25) is 0 Å². The van der Waals surface area contributed by atoms with Crippen molar-refractivity contribution in [3.05, 3.63) is 52.4 Å². The summed E-state index contributed by atoms with van der Waals surface area (Å²) in [6.45, 7) is 2.32. The maximum atomic E-state index is 12.6. The maximum absolute atomic E-state index is 12.6. The lowest BCUT2D eigenvalue weighted by atomic mass is 10.1. The lowest BCUT2D eigenvalue weighted by molar-refractivity contribution is 0.336. The number of benzene rings is 2. The predicted octanol–water partition coefficient (Wildman–Crippen LogP) is 0.897. The number of ether oxygens (including phenoxy) is 1. The molecule has 0 saturated carbocycles. The van der Waals surface area contributed by atoms with Crippen molar-refractivity contribution in [1.29, 1.82) is 0 Å². The van der Waals surface area contributed by atoms with E-state index >= 15 is 0 Å². The second-order valence-corrected chi connectivity index (χ2v) is 5.75. The normalized spacial score (nSPS) is 15.6. The van der Waals surface area contributed by atoms with E-state index in [1.807, 2.05) is 43.2 Å². The molecule has 100 valence electrons. The van der Waals surface area contributed by atoms with Gasteiger partial charge in [-0.15, -0.1) is 0 Å². The molecule has 20 heavy (non-hydrogen) atoms. The van der Waals surface area contributed by atoms with Crippen molar-refractivity contribution in [3.8, 4) is 5.75 Å². The van der Waals surface area contributed by atoms with Crippen molar-refractivity contribution in [2.45, 2.75) is 16.7 Å². The molecule has 0 saturated heterocycles. The molecule has 0 spiro atoms. The van der Waals surface area contributed by atoms with Gasteiger partial charge in [0.1, 0.15) is 16.9 Å². The third kappa shape index (κ3) is 1.95. The zero-order valence-electron chi connectivity index (χ0n) is 10.9. The number of hydrogen-bond acceptors (Lipinski definition) is 3. The van der Waals surface area contributed by atoms with Crippen LogP contribution in [0.15, 0.2) is 46.2 Å². The summed E-state index contributed by atoms with van der Waals surface area (Å²) in [5.74, 6) is 2.40. The molecule has 3 nitrogen and oxygen atoms in total. The van der Waals surface area contributed by atoms with Crippen molar-refractivity contribution >= 4 is 23.2 Å². The van der Waals surface area contributed by atoms with E-state index in [0.29, 0.717) is 27.7 Å². The van der Waals surface area contributed by atoms with Crippen molar-refractivity contribution in [1.82, 2.24) is 0 Å². The van der Waals surface area contributed by atoms with Gasteiger partial charge in [-0.25, -0.2) is 4.79 Å². The van der Waals surface area contributed by atoms with Crippen LogP contribution in [0.3, 0.4) is 0 Å². The summed E-state index contributed by atoms with van der Waals surface area (Å²) >= 11 is -1.28. The van der Waals surface area contributed by atoms with Crippen molar-refractivity contribution in [3.63, 3.8) is 0 Å². The molecule has 0 aromatic heterocycles. The minimum absolute atomic E-state index is 0.340. The van der Waals surface area contributed by atoms with E-state index in [1.54, 1.807) is 12.1 Å². The number of carbonyl (C=O) groups excluding carboxylic acids is 1. The largest absolute Gasteiger partial charge is 0.606 e. The van der Waals surface area contributed by atoms with Crippen molar-refractivity contribution < 1.29 is 14.1 Å². The highest BCUT2D eigenvalue weighted by Crippen LogP contribution is 2.26. The second kappa shape index (κ2) is 5.17. The molecule has 0 radical (unpaired) electrons. The van der Waals surface area contributed by atoms with Crippen LogP contribution >= 0.6 is 0 Å². The van der Waals surface area contributed by atoms with Crippen LogP contribution in [0.1, 0.15) is 12.5 Å². The fourth-order valence-corrected chi connectivity index (χ4v) is 3.64. The topological polar surface area (TPSA) is 49.4 Å². The van der Waals surface area contributed by atoms with Crippen molar-refractivity contribution in [2.75, 3.05) is 6.61 Å². The van der Waals surface area contributed by atoms with Crippen LogP contribution < -0.4 is 15.2 Å². The van der Waals surface area contributed by atoms with Gasteiger partial charge < -0.3 is 9.29 Å². The van der Waals surface area contributed by atoms with Gasteiger partial charge in [-0.2, -0.15) is 0 Å². The average molecular weight is 284 g/mol.